The number of anilines is 1. The summed E-state index contributed by atoms with van der Waals surface area (Å²) in [7, 11) is 0. The van der Waals surface area contributed by atoms with Crippen molar-refractivity contribution in [1.29, 1.82) is 5.26 Å². The maximum absolute atomic E-state index is 8.70. The van der Waals surface area contributed by atoms with E-state index in [2.05, 4.69) is 21.4 Å². The number of hydrogen-bond acceptors (Lipinski definition) is 5. The smallest absolute Gasteiger partial charge is 0.126 e. The number of para-hydroxylation sites is 1. The van der Waals surface area contributed by atoms with Crippen LogP contribution in [0.15, 0.2) is 42.6 Å². The lowest BCUT2D eigenvalue weighted by atomic mass is 10.3. The summed E-state index contributed by atoms with van der Waals surface area (Å²) in [6, 6.07) is 13.7. The number of nitrogens with zero attached hydrogens (tertiary/aromatic N) is 3. The van der Waals surface area contributed by atoms with Gasteiger partial charge in [-0.1, -0.05) is 12.1 Å². The minimum absolute atomic E-state index is 0.561. The van der Waals surface area contributed by atoms with Crippen LogP contribution >= 0.6 is 11.3 Å². The molecule has 0 amide bonds. The SMILES string of the molecule is N#Cc1ccc(NCc2nc3ccccc3s2)nc1. The van der Waals surface area contributed by atoms with Crippen LogP contribution in [-0.4, -0.2) is 9.97 Å². The van der Waals surface area contributed by atoms with Crippen LogP contribution in [0.3, 0.4) is 0 Å². The summed E-state index contributed by atoms with van der Waals surface area (Å²) in [5.41, 5.74) is 1.59. The molecule has 4 nitrogen and oxygen atoms in total. The van der Waals surface area contributed by atoms with E-state index >= 15 is 0 Å². The fourth-order valence-corrected chi connectivity index (χ4v) is 2.63. The van der Waals surface area contributed by atoms with Crippen LogP contribution in [0.5, 0.6) is 0 Å². The normalized spacial score (nSPS) is 10.3. The van der Waals surface area contributed by atoms with E-state index < -0.39 is 0 Å². The van der Waals surface area contributed by atoms with Gasteiger partial charge in [0, 0.05) is 6.20 Å². The van der Waals surface area contributed by atoms with Crippen LogP contribution in [0.1, 0.15) is 10.6 Å². The molecule has 0 aliphatic carbocycles. The van der Waals surface area contributed by atoms with E-state index in [1.54, 1.807) is 29.7 Å². The highest BCUT2D eigenvalue weighted by atomic mass is 32.1. The van der Waals surface area contributed by atoms with E-state index in [1.807, 2.05) is 24.3 Å². The Morgan fingerprint density at radius 2 is 2.11 bits per heavy atom. The molecule has 2 heterocycles. The van der Waals surface area contributed by atoms with Crippen molar-refractivity contribution in [3.63, 3.8) is 0 Å². The predicted octanol–water partition coefficient (Wildman–Crippen LogP) is 3.18. The van der Waals surface area contributed by atoms with Gasteiger partial charge in [-0.25, -0.2) is 9.97 Å². The minimum Gasteiger partial charge on any atom is -0.364 e. The van der Waals surface area contributed by atoms with Crippen molar-refractivity contribution >= 4 is 27.4 Å². The third kappa shape index (κ3) is 2.54. The van der Waals surface area contributed by atoms with Gasteiger partial charge in [0.15, 0.2) is 0 Å². The number of rotatable bonds is 3. The first-order valence-electron chi connectivity index (χ1n) is 5.79. The number of thiazole rings is 1. The third-order valence-corrected chi connectivity index (χ3v) is 3.69. The third-order valence-electron chi connectivity index (χ3n) is 2.65. The van der Waals surface area contributed by atoms with E-state index in [1.165, 1.54) is 4.70 Å². The minimum atomic E-state index is 0.561. The van der Waals surface area contributed by atoms with Crippen LogP contribution in [-0.2, 0) is 6.54 Å². The Kier molecular flexibility index (Phi) is 3.09. The van der Waals surface area contributed by atoms with E-state index in [9.17, 15) is 0 Å². The molecular weight excluding hydrogens is 256 g/mol. The molecule has 0 radical (unpaired) electrons. The van der Waals surface area contributed by atoms with Gasteiger partial charge in [-0.15, -0.1) is 11.3 Å². The number of benzene rings is 1. The van der Waals surface area contributed by atoms with Crippen molar-refractivity contribution in [3.05, 3.63) is 53.2 Å². The first-order chi connectivity index (χ1) is 9.35. The van der Waals surface area contributed by atoms with Crippen LogP contribution in [0.4, 0.5) is 5.82 Å². The molecule has 0 aliphatic heterocycles. The van der Waals surface area contributed by atoms with Crippen molar-refractivity contribution in [2.45, 2.75) is 6.54 Å². The quantitative estimate of drug-likeness (QED) is 0.791. The highest BCUT2D eigenvalue weighted by Gasteiger charge is 2.03. The van der Waals surface area contributed by atoms with Gasteiger partial charge in [0.25, 0.3) is 0 Å². The van der Waals surface area contributed by atoms with Gasteiger partial charge in [0.1, 0.15) is 16.9 Å². The Balaban J connectivity index is 1.73. The number of nitriles is 1. The maximum Gasteiger partial charge on any atom is 0.126 e. The molecule has 0 spiro atoms. The van der Waals surface area contributed by atoms with Crippen LogP contribution in [0, 0.1) is 11.3 Å². The Bertz CT molecular complexity index is 707. The van der Waals surface area contributed by atoms with Gasteiger partial charge < -0.3 is 5.32 Å². The van der Waals surface area contributed by atoms with Crippen LogP contribution in [0.25, 0.3) is 10.2 Å². The largest absolute Gasteiger partial charge is 0.364 e. The molecule has 1 N–H and O–H groups in total. The van der Waals surface area contributed by atoms with Gasteiger partial charge in [-0.3, -0.25) is 0 Å². The van der Waals surface area contributed by atoms with Crippen molar-refractivity contribution in [2.24, 2.45) is 0 Å². The molecule has 0 fully saturated rings. The van der Waals surface area contributed by atoms with Crippen LogP contribution < -0.4 is 5.32 Å². The topological polar surface area (TPSA) is 61.6 Å². The average molecular weight is 266 g/mol. The van der Waals surface area contributed by atoms with Crippen molar-refractivity contribution in [2.75, 3.05) is 5.32 Å². The van der Waals surface area contributed by atoms with Crippen molar-refractivity contribution in [3.8, 4) is 6.07 Å². The predicted molar refractivity (Wildman–Crippen MR) is 75.9 cm³/mol. The number of hydrogen-bond donors (Lipinski definition) is 1. The molecule has 0 saturated carbocycles. The molecule has 0 aliphatic rings. The van der Waals surface area contributed by atoms with Gasteiger partial charge in [0.2, 0.25) is 0 Å². The molecule has 5 heteroatoms. The Labute approximate surface area is 114 Å². The zero-order valence-electron chi connectivity index (χ0n) is 10.00. The van der Waals surface area contributed by atoms with Gasteiger partial charge in [-0.05, 0) is 24.3 Å². The highest BCUT2D eigenvalue weighted by molar-refractivity contribution is 7.18. The molecule has 0 atom stereocenters. The zero-order chi connectivity index (χ0) is 13.1. The fraction of sp³-hybridized carbons (Fsp3) is 0.0714. The lowest BCUT2D eigenvalue weighted by molar-refractivity contribution is 1.09. The number of fused-ring (bicyclic) bond motifs is 1. The summed E-state index contributed by atoms with van der Waals surface area (Å²) in [6.07, 6.45) is 1.56. The molecule has 19 heavy (non-hydrogen) atoms. The molecule has 3 rings (SSSR count). The highest BCUT2D eigenvalue weighted by Crippen LogP contribution is 2.22. The van der Waals surface area contributed by atoms with Crippen molar-refractivity contribution < 1.29 is 0 Å². The zero-order valence-corrected chi connectivity index (χ0v) is 10.8. The number of aromatic nitrogens is 2. The summed E-state index contributed by atoms with van der Waals surface area (Å²) in [4.78, 5) is 8.70. The molecule has 2 aromatic heterocycles. The Morgan fingerprint density at radius 1 is 1.21 bits per heavy atom. The average Bonchev–Trinajstić information content (AvgIpc) is 2.88. The summed E-state index contributed by atoms with van der Waals surface area (Å²) >= 11 is 1.67. The van der Waals surface area contributed by atoms with E-state index in [4.69, 9.17) is 5.26 Å². The molecule has 3 aromatic rings. The van der Waals surface area contributed by atoms with Crippen molar-refractivity contribution in [1.82, 2.24) is 9.97 Å². The molecule has 1 aromatic carbocycles. The Hall–Kier alpha value is -2.45. The lowest BCUT2D eigenvalue weighted by Gasteiger charge is -2.02. The van der Waals surface area contributed by atoms with Gasteiger partial charge in [-0.2, -0.15) is 5.26 Å². The van der Waals surface area contributed by atoms with Gasteiger partial charge >= 0.3 is 0 Å². The molecule has 92 valence electrons. The summed E-state index contributed by atoms with van der Waals surface area (Å²) in [6.45, 7) is 0.637. The van der Waals surface area contributed by atoms with E-state index in [-0.39, 0.29) is 0 Å². The number of pyridine rings is 1. The monoisotopic (exact) mass is 266 g/mol. The molecule has 0 saturated heterocycles. The summed E-state index contributed by atoms with van der Waals surface area (Å²) in [5, 5.41) is 12.9. The molecular formula is C14H10N4S. The molecule has 0 bridgehead atoms. The second-order valence-corrected chi connectivity index (χ2v) is 5.09. The lowest BCUT2D eigenvalue weighted by Crippen LogP contribution is -2.00. The number of nitrogens with one attached hydrogen (secondary N) is 1. The maximum atomic E-state index is 8.70. The first kappa shape index (κ1) is 11.6. The Morgan fingerprint density at radius 3 is 2.84 bits per heavy atom. The summed E-state index contributed by atoms with van der Waals surface area (Å²) < 4.78 is 1.19. The standard InChI is InChI=1S/C14H10N4S/c15-7-10-5-6-13(16-8-10)17-9-14-18-11-3-1-2-4-12(11)19-14/h1-6,8H,9H2,(H,16,17). The first-order valence-corrected chi connectivity index (χ1v) is 6.61. The fourth-order valence-electron chi connectivity index (χ4n) is 1.73. The van der Waals surface area contributed by atoms with Gasteiger partial charge in [0.05, 0.1) is 22.3 Å². The molecule has 0 unspecified atom stereocenters. The van der Waals surface area contributed by atoms with E-state index in [0.717, 1.165) is 16.3 Å². The van der Waals surface area contributed by atoms with E-state index in [0.29, 0.717) is 12.1 Å². The second kappa shape index (κ2) is 5.04. The second-order valence-electron chi connectivity index (χ2n) is 3.97. The van der Waals surface area contributed by atoms with Crippen LogP contribution in [0.2, 0.25) is 0 Å². The summed E-state index contributed by atoms with van der Waals surface area (Å²) in [5.74, 6) is 0.748.